The van der Waals surface area contributed by atoms with Crippen molar-refractivity contribution in [3.63, 3.8) is 0 Å². The lowest BCUT2D eigenvalue weighted by Gasteiger charge is -2.07. The molecule has 0 fully saturated rings. The number of H-pyrrole nitrogens is 1. The van der Waals surface area contributed by atoms with Crippen LogP contribution in [0.3, 0.4) is 0 Å². The smallest absolute Gasteiger partial charge is 0.224 e. The minimum absolute atomic E-state index is 0.548. The highest BCUT2D eigenvalue weighted by Gasteiger charge is 2.14. The van der Waals surface area contributed by atoms with E-state index in [4.69, 9.17) is 0 Å². The van der Waals surface area contributed by atoms with Gasteiger partial charge in [-0.25, -0.2) is 15.1 Å². The number of anilines is 2. The number of nitrogens with one attached hydrogen (secondary N) is 2. The number of aromatic amines is 1. The Bertz CT molecular complexity index is 1180. The molecular weight excluding hydrogens is 356 g/mol. The second-order valence-electron chi connectivity index (χ2n) is 5.95. The molecule has 5 rings (SSSR count). The molecule has 0 saturated carbocycles. The first-order chi connectivity index (χ1) is 13.4. The maximum Gasteiger partial charge on any atom is 0.224 e. The molecule has 2 aromatic carbocycles. The fourth-order valence-electron chi connectivity index (χ4n) is 3.03. The molecule has 130 valence electrons. The lowest BCUT2D eigenvalue weighted by Crippen LogP contribution is -1.97. The van der Waals surface area contributed by atoms with E-state index in [9.17, 15) is 0 Å². The molecule has 3 heterocycles. The average molecular weight is 370 g/mol. The van der Waals surface area contributed by atoms with Crippen LogP contribution in [0.1, 0.15) is 0 Å². The van der Waals surface area contributed by atoms with Gasteiger partial charge in [0.1, 0.15) is 23.3 Å². The van der Waals surface area contributed by atoms with Gasteiger partial charge in [0.05, 0.1) is 5.39 Å². The molecule has 0 amide bonds. The molecule has 0 aliphatic rings. The van der Waals surface area contributed by atoms with Crippen LogP contribution in [0.15, 0.2) is 72.6 Å². The third-order valence-electron chi connectivity index (χ3n) is 4.33. The summed E-state index contributed by atoms with van der Waals surface area (Å²) in [7, 11) is 0. The van der Waals surface area contributed by atoms with E-state index in [0.717, 1.165) is 21.3 Å². The molecule has 2 N–H and O–H groups in total. The topological polar surface area (TPSA) is 79.4 Å². The Morgan fingerprint density at radius 2 is 1.56 bits per heavy atom. The Morgan fingerprint density at radius 1 is 0.778 bits per heavy atom. The maximum atomic E-state index is 4.40. The minimum Gasteiger partial charge on any atom is -0.308 e. The zero-order valence-electron chi connectivity index (χ0n) is 14.1. The number of benzene rings is 2. The summed E-state index contributed by atoms with van der Waals surface area (Å²) in [6, 6.07) is 18.9. The first-order valence-electron chi connectivity index (χ1n) is 8.39. The van der Waals surface area contributed by atoms with Crippen molar-refractivity contribution in [2.75, 3.05) is 5.32 Å². The van der Waals surface area contributed by atoms with E-state index in [0.29, 0.717) is 11.8 Å². The summed E-state index contributed by atoms with van der Waals surface area (Å²) >= 11 is 1.60. The number of hydrogen-bond donors (Lipinski definition) is 2. The van der Waals surface area contributed by atoms with Gasteiger partial charge in [-0.1, -0.05) is 54.6 Å². The molecule has 0 atom stereocenters. The number of aromatic nitrogens is 5. The Hall–Kier alpha value is -3.58. The lowest BCUT2D eigenvalue weighted by atomic mass is 10.0. The van der Waals surface area contributed by atoms with E-state index in [1.807, 2.05) is 6.07 Å². The molecule has 27 heavy (non-hydrogen) atoms. The Kier molecular flexibility index (Phi) is 3.84. The van der Waals surface area contributed by atoms with Gasteiger partial charge in [-0.05, 0) is 16.7 Å². The molecule has 0 aliphatic heterocycles. The molecule has 7 heteroatoms. The van der Waals surface area contributed by atoms with Gasteiger partial charge in [-0.2, -0.15) is 10.1 Å². The van der Waals surface area contributed by atoms with Crippen LogP contribution in [-0.2, 0) is 0 Å². The van der Waals surface area contributed by atoms with Gasteiger partial charge >= 0.3 is 0 Å². The number of fused-ring (bicyclic) bond motifs is 1. The van der Waals surface area contributed by atoms with E-state index >= 15 is 0 Å². The van der Waals surface area contributed by atoms with Crippen molar-refractivity contribution >= 4 is 33.3 Å². The van der Waals surface area contributed by atoms with Crippen LogP contribution in [-0.4, -0.2) is 25.1 Å². The highest BCUT2D eigenvalue weighted by atomic mass is 32.1. The summed E-state index contributed by atoms with van der Waals surface area (Å²) < 4.78 is 0. The molecule has 0 radical (unpaired) electrons. The summed E-state index contributed by atoms with van der Waals surface area (Å²) in [6.45, 7) is 0. The molecule has 5 aromatic rings. The highest BCUT2D eigenvalue weighted by molar-refractivity contribution is 7.17. The summed E-state index contributed by atoms with van der Waals surface area (Å²) in [4.78, 5) is 13.8. The number of thiophene rings is 1. The SMILES string of the molecule is c1ccc(-c2ccc(-c3csc4ncnc(Nc5ncn[nH]5)c34)cc2)cc1. The molecule has 0 unspecified atom stereocenters. The van der Waals surface area contributed by atoms with Gasteiger partial charge in [-0.15, -0.1) is 11.3 Å². The van der Waals surface area contributed by atoms with Gasteiger partial charge < -0.3 is 5.32 Å². The van der Waals surface area contributed by atoms with Crippen LogP contribution in [0, 0.1) is 0 Å². The molecular formula is C20H14N6S. The summed E-state index contributed by atoms with van der Waals surface area (Å²) in [5.74, 6) is 1.26. The second-order valence-corrected chi connectivity index (χ2v) is 6.81. The number of hydrogen-bond acceptors (Lipinski definition) is 6. The Morgan fingerprint density at radius 3 is 2.33 bits per heavy atom. The normalized spacial score (nSPS) is 11.0. The quantitative estimate of drug-likeness (QED) is 0.471. The van der Waals surface area contributed by atoms with Gasteiger partial charge in [0.2, 0.25) is 5.95 Å². The predicted octanol–water partition coefficient (Wildman–Crippen LogP) is 4.89. The Balaban J connectivity index is 1.57. The fraction of sp³-hybridized carbons (Fsp3) is 0. The van der Waals surface area contributed by atoms with Crippen molar-refractivity contribution < 1.29 is 0 Å². The minimum atomic E-state index is 0.548. The summed E-state index contributed by atoms with van der Waals surface area (Å²) in [6.07, 6.45) is 3.01. The lowest BCUT2D eigenvalue weighted by molar-refractivity contribution is 1.09. The average Bonchev–Trinajstić information content (AvgIpc) is 3.39. The molecule has 0 bridgehead atoms. The van der Waals surface area contributed by atoms with Gasteiger partial charge in [-0.3, -0.25) is 0 Å². The fourth-order valence-corrected chi connectivity index (χ4v) is 3.95. The van der Waals surface area contributed by atoms with Gasteiger partial charge in [0, 0.05) is 10.9 Å². The van der Waals surface area contributed by atoms with E-state index in [1.54, 1.807) is 17.7 Å². The highest BCUT2D eigenvalue weighted by Crippen LogP contribution is 2.37. The molecule has 0 saturated heterocycles. The van der Waals surface area contributed by atoms with Crippen LogP contribution >= 0.6 is 11.3 Å². The van der Waals surface area contributed by atoms with Gasteiger partial charge in [0.15, 0.2) is 0 Å². The summed E-state index contributed by atoms with van der Waals surface area (Å²) in [5.41, 5.74) is 4.61. The first kappa shape index (κ1) is 15.7. The largest absolute Gasteiger partial charge is 0.308 e. The first-order valence-corrected chi connectivity index (χ1v) is 9.27. The van der Waals surface area contributed by atoms with Crippen molar-refractivity contribution in [3.05, 3.63) is 72.6 Å². The van der Waals surface area contributed by atoms with Crippen LogP contribution in [0.4, 0.5) is 11.8 Å². The van der Waals surface area contributed by atoms with Crippen molar-refractivity contribution in [2.45, 2.75) is 0 Å². The van der Waals surface area contributed by atoms with Crippen molar-refractivity contribution in [2.24, 2.45) is 0 Å². The van der Waals surface area contributed by atoms with Crippen LogP contribution in [0.5, 0.6) is 0 Å². The zero-order valence-corrected chi connectivity index (χ0v) is 14.9. The van der Waals surface area contributed by atoms with Crippen LogP contribution < -0.4 is 5.32 Å². The zero-order chi connectivity index (χ0) is 18.1. The van der Waals surface area contributed by atoms with E-state index in [2.05, 4.69) is 84.4 Å². The van der Waals surface area contributed by atoms with Crippen molar-refractivity contribution in [1.82, 2.24) is 25.1 Å². The molecule has 0 spiro atoms. The molecule has 6 nitrogen and oxygen atoms in total. The number of rotatable bonds is 4. The monoisotopic (exact) mass is 370 g/mol. The van der Waals surface area contributed by atoms with E-state index in [-0.39, 0.29) is 0 Å². The van der Waals surface area contributed by atoms with E-state index in [1.165, 1.54) is 17.5 Å². The third-order valence-corrected chi connectivity index (χ3v) is 5.21. The maximum absolute atomic E-state index is 4.40. The van der Waals surface area contributed by atoms with Crippen molar-refractivity contribution in [1.29, 1.82) is 0 Å². The second kappa shape index (κ2) is 6.62. The van der Waals surface area contributed by atoms with Crippen LogP contribution in [0.2, 0.25) is 0 Å². The van der Waals surface area contributed by atoms with Gasteiger partial charge in [0.25, 0.3) is 0 Å². The number of nitrogens with zero attached hydrogens (tertiary/aromatic N) is 4. The standard InChI is InChI=1S/C20H14N6S/c1-2-4-13(5-3-1)14-6-8-15(9-7-14)16-10-27-19-17(16)18(21-11-22-19)25-20-23-12-24-26-20/h1-12H,(H2,21,22,23,24,25,26). The molecule has 3 aromatic heterocycles. The van der Waals surface area contributed by atoms with Crippen molar-refractivity contribution in [3.8, 4) is 22.3 Å². The third kappa shape index (κ3) is 2.94. The molecule has 0 aliphatic carbocycles. The predicted molar refractivity (Wildman–Crippen MR) is 108 cm³/mol. The summed E-state index contributed by atoms with van der Waals surface area (Å²) in [5, 5.41) is 12.9. The Labute approximate surface area is 159 Å². The van der Waals surface area contributed by atoms with Crippen LogP contribution in [0.25, 0.3) is 32.5 Å². The van der Waals surface area contributed by atoms with E-state index < -0.39 is 0 Å².